The van der Waals surface area contributed by atoms with Gasteiger partial charge in [-0.15, -0.1) is 0 Å². The fourth-order valence-corrected chi connectivity index (χ4v) is 1.85. The molecule has 17 heavy (non-hydrogen) atoms. The molecule has 5 atom stereocenters. The van der Waals surface area contributed by atoms with Crippen LogP contribution in [0.3, 0.4) is 0 Å². The zero-order chi connectivity index (χ0) is 13.4. The van der Waals surface area contributed by atoms with Gasteiger partial charge in [-0.2, -0.15) is 0 Å². The molecule has 7 N–H and O–H groups in total. The van der Waals surface area contributed by atoms with Crippen molar-refractivity contribution in [3.05, 3.63) is 0 Å². The van der Waals surface area contributed by atoms with Crippen LogP contribution in [0.2, 0.25) is 0 Å². The highest BCUT2D eigenvalue weighted by Crippen LogP contribution is 2.37. The maximum atomic E-state index is 10.5. The third-order valence-electron chi connectivity index (χ3n) is 2.51. The molecule has 1 rings (SSSR count). The Bertz CT molecular complexity index is 317. The van der Waals surface area contributed by atoms with E-state index in [4.69, 9.17) is 20.3 Å². The Morgan fingerprint density at radius 3 is 2.41 bits per heavy atom. The number of aliphatic hydroxyl groups excluding tert-OH is 2. The zero-order valence-electron chi connectivity index (χ0n) is 9.00. The first-order valence-electron chi connectivity index (χ1n) is 4.76. The predicted octanol–water partition coefficient (Wildman–Crippen LogP) is -2.75. The summed E-state index contributed by atoms with van der Waals surface area (Å²) in [6.45, 7) is 0.475. The Hall–Kier alpha value is -0.0900. The van der Waals surface area contributed by atoms with Crippen molar-refractivity contribution >= 4 is 7.82 Å². The van der Waals surface area contributed by atoms with Crippen LogP contribution in [-0.2, 0) is 13.8 Å². The second-order valence-electron chi connectivity index (χ2n) is 4.00. The molecule has 0 aliphatic carbocycles. The van der Waals surface area contributed by atoms with Crippen LogP contribution in [0.4, 0.5) is 0 Å². The van der Waals surface area contributed by atoms with Gasteiger partial charge in [0.15, 0.2) is 5.79 Å². The molecule has 1 aliphatic rings. The number of ether oxygens (including phenoxy) is 1. The van der Waals surface area contributed by atoms with Gasteiger partial charge in [0, 0.05) is 0 Å². The van der Waals surface area contributed by atoms with E-state index in [0.29, 0.717) is 0 Å². The molecule has 9 nitrogen and oxygen atoms in total. The number of phosphoric acid groups is 1. The lowest BCUT2D eigenvalue weighted by Crippen LogP contribution is -2.67. The quantitative estimate of drug-likeness (QED) is 0.299. The molecule has 0 radical (unpaired) electrons. The lowest BCUT2D eigenvalue weighted by molar-refractivity contribution is -0.304. The third kappa shape index (κ3) is 3.68. The van der Waals surface area contributed by atoms with E-state index in [0.717, 1.165) is 6.92 Å². The Kier molecular flexibility index (Phi) is 4.30. The van der Waals surface area contributed by atoms with Crippen LogP contribution in [0, 0.1) is 0 Å². The molecule has 0 unspecified atom stereocenters. The number of phosphoric ester groups is 1. The van der Waals surface area contributed by atoms with E-state index < -0.39 is 44.6 Å². The van der Waals surface area contributed by atoms with Crippen molar-refractivity contribution in [2.75, 3.05) is 6.61 Å². The molecule has 0 aromatic rings. The van der Waals surface area contributed by atoms with Crippen LogP contribution in [0.15, 0.2) is 0 Å². The number of rotatable bonds is 3. The summed E-state index contributed by atoms with van der Waals surface area (Å²) in [5.41, 5.74) is 5.41. The summed E-state index contributed by atoms with van der Waals surface area (Å²) in [6, 6.07) is -1.25. The van der Waals surface area contributed by atoms with Crippen LogP contribution in [-0.4, -0.2) is 61.9 Å². The molecule has 10 heteroatoms. The van der Waals surface area contributed by atoms with E-state index in [1.807, 2.05) is 0 Å². The smallest absolute Gasteiger partial charge is 0.388 e. The highest BCUT2D eigenvalue weighted by molar-refractivity contribution is 7.46. The summed E-state index contributed by atoms with van der Waals surface area (Å²) in [6.07, 6.45) is -4.31. The average Bonchev–Trinajstić information content (AvgIpc) is 2.17. The topological polar surface area (TPSA) is 163 Å². The second kappa shape index (κ2) is 4.88. The summed E-state index contributed by atoms with van der Waals surface area (Å²) >= 11 is 0. The van der Waals surface area contributed by atoms with Gasteiger partial charge in [0.05, 0.1) is 12.6 Å². The SMILES string of the molecule is C[C@]1(O)O[C@H](COP(=O)(O)O)[C@@H](O)[C@H](O)[C@H]1N. The largest absolute Gasteiger partial charge is 0.469 e. The Balaban J connectivity index is 2.70. The first-order chi connectivity index (χ1) is 7.54. The lowest BCUT2D eigenvalue weighted by atomic mass is 9.92. The minimum atomic E-state index is -4.72. The second-order valence-corrected chi connectivity index (χ2v) is 5.24. The number of hydrogen-bond acceptors (Lipinski definition) is 7. The average molecular weight is 273 g/mol. The monoisotopic (exact) mass is 273 g/mol. The number of nitrogens with two attached hydrogens (primary N) is 1. The van der Waals surface area contributed by atoms with E-state index in [-0.39, 0.29) is 0 Å². The van der Waals surface area contributed by atoms with Crippen molar-refractivity contribution in [1.82, 2.24) is 0 Å². The lowest BCUT2D eigenvalue weighted by Gasteiger charge is -2.44. The highest BCUT2D eigenvalue weighted by atomic mass is 31.2. The first kappa shape index (κ1) is 15.0. The molecule has 1 aliphatic heterocycles. The molecule has 0 aromatic heterocycles. The van der Waals surface area contributed by atoms with E-state index in [9.17, 15) is 19.9 Å². The van der Waals surface area contributed by atoms with Crippen molar-refractivity contribution in [2.24, 2.45) is 5.73 Å². The van der Waals surface area contributed by atoms with Crippen LogP contribution in [0.25, 0.3) is 0 Å². The van der Waals surface area contributed by atoms with Gasteiger partial charge in [-0.25, -0.2) is 4.57 Å². The minimum Gasteiger partial charge on any atom is -0.388 e. The molecular formula is C7H16NO8P. The predicted molar refractivity (Wildman–Crippen MR) is 53.5 cm³/mol. The molecule has 0 saturated carbocycles. The standard InChI is InChI=1S/C7H16NO8P/c1-7(11)6(8)5(10)4(9)3(16-7)2-15-17(12,13)14/h3-6,9-11H,2,8H2,1H3,(H2,12,13,14)/t3-,4-,5+,6-,7+/m1/s1. The molecule has 102 valence electrons. The molecular weight excluding hydrogens is 257 g/mol. The summed E-state index contributed by atoms with van der Waals surface area (Å²) in [4.78, 5) is 17.0. The van der Waals surface area contributed by atoms with Gasteiger partial charge in [-0.3, -0.25) is 4.52 Å². The number of hydrogen-bond donors (Lipinski definition) is 6. The number of aliphatic hydroxyl groups is 3. The van der Waals surface area contributed by atoms with Gasteiger partial charge in [-0.1, -0.05) is 0 Å². The normalized spacial score (nSPS) is 43.7. The van der Waals surface area contributed by atoms with Crippen LogP contribution in [0.5, 0.6) is 0 Å². The van der Waals surface area contributed by atoms with Crippen LogP contribution < -0.4 is 5.73 Å². The molecule has 0 aromatic carbocycles. The molecule has 0 amide bonds. The first-order valence-corrected chi connectivity index (χ1v) is 6.29. The summed E-state index contributed by atoms with van der Waals surface area (Å²) in [5, 5.41) is 28.7. The van der Waals surface area contributed by atoms with Crippen molar-refractivity contribution in [3.63, 3.8) is 0 Å². The summed E-state index contributed by atoms with van der Waals surface area (Å²) in [5.74, 6) is -1.93. The Labute approximate surface area is 97.0 Å². The zero-order valence-corrected chi connectivity index (χ0v) is 9.90. The van der Waals surface area contributed by atoms with Crippen molar-refractivity contribution in [1.29, 1.82) is 0 Å². The summed E-state index contributed by atoms with van der Waals surface area (Å²) in [7, 11) is -4.72. The van der Waals surface area contributed by atoms with E-state index in [2.05, 4.69) is 4.52 Å². The van der Waals surface area contributed by atoms with Gasteiger partial charge >= 0.3 is 7.82 Å². The van der Waals surface area contributed by atoms with Gasteiger partial charge < -0.3 is 35.6 Å². The fraction of sp³-hybridized carbons (Fsp3) is 1.00. The van der Waals surface area contributed by atoms with Crippen LogP contribution in [0.1, 0.15) is 6.92 Å². The Morgan fingerprint density at radius 1 is 1.41 bits per heavy atom. The van der Waals surface area contributed by atoms with Crippen molar-refractivity contribution in [2.45, 2.75) is 37.1 Å². The van der Waals surface area contributed by atoms with E-state index >= 15 is 0 Å². The van der Waals surface area contributed by atoms with E-state index in [1.165, 1.54) is 0 Å². The third-order valence-corrected chi connectivity index (χ3v) is 3.00. The van der Waals surface area contributed by atoms with Crippen molar-refractivity contribution in [3.8, 4) is 0 Å². The maximum Gasteiger partial charge on any atom is 0.469 e. The maximum absolute atomic E-state index is 10.5. The molecule has 0 spiro atoms. The van der Waals surface area contributed by atoms with Gasteiger partial charge in [0.2, 0.25) is 0 Å². The minimum absolute atomic E-state index is 0.689. The van der Waals surface area contributed by atoms with E-state index in [1.54, 1.807) is 0 Å². The van der Waals surface area contributed by atoms with Gasteiger partial charge in [0.1, 0.15) is 18.3 Å². The highest BCUT2D eigenvalue weighted by Gasteiger charge is 2.49. The fourth-order valence-electron chi connectivity index (χ4n) is 1.51. The van der Waals surface area contributed by atoms with Gasteiger partial charge in [-0.05, 0) is 6.92 Å². The molecule has 0 bridgehead atoms. The molecule has 1 saturated heterocycles. The molecule has 1 heterocycles. The van der Waals surface area contributed by atoms with Crippen molar-refractivity contribution < 1.29 is 38.9 Å². The Morgan fingerprint density at radius 2 is 1.94 bits per heavy atom. The summed E-state index contributed by atoms with van der Waals surface area (Å²) < 4.78 is 19.5. The molecule has 1 fully saturated rings. The van der Waals surface area contributed by atoms with Crippen LogP contribution >= 0.6 is 7.82 Å². The van der Waals surface area contributed by atoms with Gasteiger partial charge in [0.25, 0.3) is 0 Å².